The van der Waals surface area contributed by atoms with Crippen LogP contribution in [0.4, 0.5) is 22.7 Å². The molecule has 0 radical (unpaired) electrons. The maximum Gasteiger partial charge on any atom is 0.257 e. The van der Waals surface area contributed by atoms with Gasteiger partial charge in [0.25, 0.3) is 5.91 Å². The first-order valence-electron chi connectivity index (χ1n) is 13.7. The third-order valence-corrected chi connectivity index (χ3v) is 12.0. The molecule has 1 spiro atoms. The summed E-state index contributed by atoms with van der Waals surface area (Å²) < 4.78 is 53.9. The van der Waals surface area contributed by atoms with Gasteiger partial charge in [0.05, 0.1) is 39.7 Å². The Morgan fingerprint density at radius 3 is 2.20 bits per heavy atom. The number of anilines is 4. The van der Waals surface area contributed by atoms with E-state index in [0.29, 0.717) is 46.7 Å². The highest BCUT2D eigenvalue weighted by Gasteiger charge is 2.45. The Morgan fingerprint density at radius 1 is 0.925 bits per heavy atom. The molecule has 3 aliphatic rings. The highest BCUT2D eigenvalue weighted by Crippen LogP contribution is 2.54. The average Bonchev–Trinajstić information content (AvgIpc) is 3.48. The van der Waals surface area contributed by atoms with Gasteiger partial charge < -0.3 is 15.3 Å². The van der Waals surface area contributed by atoms with Crippen LogP contribution in [0.2, 0.25) is 0 Å². The zero-order valence-electron chi connectivity index (χ0n) is 23.2. The summed E-state index contributed by atoms with van der Waals surface area (Å²) in [4.78, 5) is 15.7. The Balaban J connectivity index is 1.43. The van der Waals surface area contributed by atoms with E-state index in [1.807, 2.05) is 6.07 Å². The van der Waals surface area contributed by atoms with Crippen molar-refractivity contribution in [1.29, 1.82) is 0 Å². The maximum atomic E-state index is 13.6. The lowest BCUT2D eigenvalue weighted by Crippen LogP contribution is -2.42. The minimum atomic E-state index is -3.73. The van der Waals surface area contributed by atoms with Crippen molar-refractivity contribution in [3.8, 4) is 0 Å². The number of amides is 1. The molecular weight excluding hydrogens is 552 g/mol. The summed E-state index contributed by atoms with van der Waals surface area (Å²) in [6.07, 6.45) is 5.12. The smallest absolute Gasteiger partial charge is 0.257 e. The SMILES string of the molecule is CC(C)(C)S(=O)(=O)N1CCc2ccc(NC(=O)c3ccc(NS(=O)(=O)CCO)cc3N3CCC4(CC3)CC4)cc21. The molecule has 3 N–H and O–H groups in total. The summed E-state index contributed by atoms with van der Waals surface area (Å²) >= 11 is 0. The van der Waals surface area contributed by atoms with Gasteiger partial charge in [-0.3, -0.25) is 13.8 Å². The van der Waals surface area contributed by atoms with Crippen LogP contribution in [0.1, 0.15) is 62.4 Å². The molecule has 1 aliphatic carbocycles. The summed E-state index contributed by atoms with van der Waals surface area (Å²) in [5.41, 5.74) is 3.75. The molecule has 1 amide bonds. The first-order valence-corrected chi connectivity index (χ1v) is 16.8. The summed E-state index contributed by atoms with van der Waals surface area (Å²) in [6.45, 7) is 6.43. The summed E-state index contributed by atoms with van der Waals surface area (Å²) in [7, 11) is -7.32. The standard InChI is InChI=1S/C28H38N4O6S2/c1-27(2,3)40(37,38)32-13-8-20-4-5-21(18-24(20)32)29-26(34)23-7-6-22(30-39(35,36)17-16-33)19-25(23)31-14-11-28(9-10-28)12-15-31/h4-7,18-19,30,33H,8-17H2,1-3H3,(H,29,34). The van der Waals surface area contributed by atoms with Gasteiger partial charge in [-0.2, -0.15) is 0 Å². The molecule has 2 aromatic carbocycles. The van der Waals surface area contributed by atoms with E-state index in [1.165, 1.54) is 17.1 Å². The van der Waals surface area contributed by atoms with Gasteiger partial charge in [0, 0.05) is 25.3 Å². The van der Waals surface area contributed by atoms with Crippen LogP contribution in [0, 0.1) is 5.41 Å². The van der Waals surface area contributed by atoms with Gasteiger partial charge in [0.2, 0.25) is 20.0 Å². The Hall–Kier alpha value is -2.83. The second-order valence-electron chi connectivity index (χ2n) is 12.1. The largest absolute Gasteiger partial charge is 0.395 e. The monoisotopic (exact) mass is 590 g/mol. The second-order valence-corrected chi connectivity index (χ2v) is 16.6. The fourth-order valence-electron chi connectivity index (χ4n) is 5.50. The predicted molar refractivity (Wildman–Crippen MR) is 158 cm³/mol. The van der Waals surface area contributed by atoms with Gasteiger partial charge in [-0.1, -0.05) is 6.07 Å². The Bertz CT molecular complexity index is 1520. The quantitative estimate of drug-likeness (QED) is 0.428. The van der Waals surface area contributed by atoms with Crippen LogP contribution in [0.3, 0.4) is 0 Å². The maximum absolute atomic E-state index is 13.6. The number of piperidine rings is 1. The molecule has 1 saturated heterocycles. The zero-order valence-corrected chi connectivity index (χ0v) is 24.9. The van der Waals surface area contributed by atoms with Gasteiger partial charge in [-0.15, -0.1) is 0 Å². The molecule has 2 heterocycles. The number of fused-ring (bicyclic) bond motifs is 1. The number of hydrogen-bond acceptors (Lipinski definition) is 7. The average molecular weight is 591 g/mol. The zero-order chi connectivity index (χ0) is 28.9. The van der Waals surface area contributed by atoms with Crippen LogP contribution in [0.15, 0.2) is 36.4 Å². The molecule has 218 valence electrons. The van der Waals surface area contributed by atoms with Crippen LogP contribution in [0.5, 0.6) is 0 Å². The number of rotatable bonds is 8. The highest BCUT2D eigenvalue weighted by molar-refractivity contribution is 7.94. The van der Waals surface area contributed by atoms with Gasteiger partial charge in [-0.25, -0.2) is 16.8 Å². The molecule has 2 aromatic rings. The van der Waals surface area contributed by atoms with E-state index in [9.17, 15) is 21.6 Å². The van der Waals surface area contributed by atoms with Crippen LogP contribution < -0.4 is 19.2 Å². The third-order valence-electron chi connectivity index (χ3n) is 8.26. The van der Waals surface area contributed by atoms with E-state index in [4.69, 9.17) is 5.11 Å². The number of benzene rings is 2. The molecule has 0 bridgehead atoms. The Labute approximate surface area is 236 Å². The Morgan fingerprint density at radius 2 is 1.57 bits per heavy atom. The summed E-state index contributed by atoms with van der Waals surface area (Å²) in [5, 5.41) is 12.0. The van der Waals surface area contributed by atoms with Crippen molar-refractivity contribution in [2.24, 2.45) is 5.41 Å². The second kappa shape index (κ2) is 10.2. The summed E-state index contributed by atoms with van der Waals surface area (Å²) in [6, 6.07) is 10.2. The third kappa shape index (κ3) is 5.66. The molecule has 12 heteroatoms. The fraction of sp³-hybridized carbons (Fsp3) is 0.536. The van der Waals surface area contributed by atoms with Crippen LogP contribution in [-0.2, 0) is 26.5 Å². The topological polar surface area (TPSA) is 136 Å². The molecule has 40 heavy (non-hydrogen) atoms. The normalized spacial score (nSPS) is 18.5. The number of hydrogen-bond donors (Lipinski definition) is 3. The first-order chi connectivity index (χ1) is 18.7. The molecular formula is C28H38N4O6S2. The van der Waals surface area contributed by atoms with Gasteiger partial charge in [-0.05, 0) is 94.2 Å². The number of nitrogens with one attached hydrogen (secondary N) is 2. The minimum Gasteiger partial charge on any atom is -0.395 e. The Kier molecular flexibility index (Phi) is 7.33. The van der Waals surface area contributed by atoms with Gasteiger partial charge >= 0.3 is 0 Å². The van der Waals surface area contributed by atoms with Crippen molar-refractivity contribution in [2.75, 3.05) is 51.2 Å². The summed E-state index contributed by atoms with van der Waals surface area (Å²) in [5.74, 6) is -0.786. The molecule has 10 nitrogen and oxygen atoms in total. The molecule has 0 atom stereocenters. The van der Waals surface area contributed by atoms with Crippen molar-refractivity contribution in [2.45, 2.75) is 57.6 Å². The van der Waals surface area contributed by atoms with E-state index in [2.05, 4.69) is 14.9 Å². The van der Waals surface area contributed by atoms with Crippen LogP contribution in [0.25, 0.3) is 0 Å². The van der Waals surface area contributed by atoms with Crippen molar-refractivity contribution in [1.82, 2.24) is 0 Å². The molecule has 5 rings (SSSR count). The molecule has 2 fully saturated rings. The van der Waals surface area contributed by atoms with Crippen molar-refractivity contribution in [3.63, 3.8) is 0 Å². The lowest BCUT2D eigenvalue weighted by Gasteiger charge is -2.35. The van der Waals surface area contributed by atoms with Crippen molar-refractivity contribution in [3.05, 3.63) is 47.5 Å². The van der Waals surface area contributed by atoms with Crippen LogP contribution in [-0.4, -0.2) is 64.6 Å². The number of sulfonamides is 2. The van der Waals surface area contributed by atoms with Crippen molar-refractivity contribution >= 4 is 48.7 Å². The lowest BCUT2D eigenvalue weighted by atomic mass is 9.93. The van der Waals surface area contributed by atoms with Crippen molar-refractivity contribution < 1.29 is 26.7 Å². The fourth-order valence-corrected chi connectivity index (χ4v) is 7.75. The van der Waals surface area contributed by atoms with E-state index in [0.717, 1.165) is 31.5 Å². The van der Waals surface area contributed by atoms with E-state index in [-0.39, 0.29) is 5.91 Å². The van der Waals surface area contributed by atoms with E-state index in [1.54, 1.807) is 51.1 Å². The lowest BCUT2D eigenvalue weighted by molar-refractivity contribution is 0.102. The number of carbonyl (C=O) groups excluding carboxylic acids is 1. The molecule has 2 aliphatic heterocycles. The van der Waals surface area contributed by atoms with Crippen LogP contribution >= 0.6 is 0 Å². The number of aliphatic hydroxyl groups is 1. The predicted octanol–water partition coefficient (Wildman–Crippen LogP) is 3.54. The molecule has 0 aromatic heterocycles. The number of nitrogens with zero attached hydrogens (tertiary/aromatic N) is 2. The highest BCUT2D eigenvalue weighted by atomic mass is 32.2. The van der Waals surface area contributed by atoms with Gasteiger partial charge in [0.1, 0.15) is 0 Å². The van der Waals surface area contributed by atoms with Gasteiger partial charge in [0.15, 0.2) is 0 Å². The van der Waals surface area contributed by atoms with E-state index >= 15 is 0 Å². The minimum absolute atomic E-state index is 0.326. The molecule has 1 saturated carbocycles. The van der Waals surface area contributed by atoms with E-state index < -0.39 is 37.2 Å². The number of carbonyl (C=O) groups is 1. The first kappa shape index (κ1) is 28.7. The molecule has 0 unspecified atom stereocenters. The number of aliphatic hydroxyl groups excluding tert-OH is 1.